The standard InChI is InChI=1S/C23H23FN4O7S/c1-11-17-20(30)28(12(2)19(26)29)23(33)27(21(17)36-18(11)22(31)32)10-16(35-8-4-7-25)14-9-13(24)5-6-15(14)34-3/h5-6,9,12,16H,4,8,10H2,1-3H3,(H2,26,29)(H,31,32)/t12-,16-/m0/s1. The molecule has 0 spiro atoms. The van der Waals surface area contributed by atoms with Crippen molar-refractivity contribution in [3.05, 3.63) is 60.9 Å². The molecule has 13 heteroatoms. The van der Waals surface area contributed by atoms with Crippen molar-refractivity contribution in [3.8, 4) is 11.8 Å². The van der Waals surface area contributed by atoms with Gasteiger partial charge in [0.25, 0.3) is 5.56 Å². The molecule has 0 fully saturated rings. The second-order valence-corrected chi connectivity index (χ2v) is 8.84. The van der Waals surface area contributed by atoms with Crippen LogP contribution in [0.1, 0.15) is 46.3 Å². The van der Waals surface area contributed by atoms with Crippen molar-refractivity contribution in [2.45, 2.75) is 39.0 Å². The van der Waals surface area contributed by atoms with Crippen LogP contribution in [0.5, 0.6) is 5.75 Å². The average Bonchev–Trinajstić information content (AvgIpc) is 3.18. The predicted octanol–water partition coefficient (Wildman–Crippen LogP) is 2.10. The molecule has 0 saturated carbocycles. The van der Waals surface area contributed by atoms with Crippen molar-refractivity contribution < 1.29 is 28.6 Å². The molecule has 3 N–H and O–H groups in total. The van der Waals surface area contributed by atoms with Gasteiger partial charge in [0.15, 0.2) is 0 Å². The van der Waals surface area contributed by atoms with Crippen LogP contribution in [0.25, 0.3) is 10.2 Å². The van der Waals surface area contributed by atoms with E-state index < -0.39 is 41.1 Å². The second kappa shape index (κ2) is 10.7. The van der Waals surface area contributed by atoms with E-state index in [0.29, 0.717) is 15.9 Å². The van der Waals surface area contributed by atoms with Crippen molar-refractivity contribution in [3.63, 3.8) is 0 Å². The maximum Gasteiger partial charge on any atom is 0.346 e. The number of carbonyl (C=O) groups is 2. The Balaban J connectivity index is 2.34. The molecule has 3 aromatic rings. The van der Waals surface area contributed by atoms with E-state index in [1.54, 1.807) is 0 Å². The molecule has 0 bridgehead atoms. The van der Waals surface area contributed by atoms with Crippen molar-refractivity contribution >= 4 is 33.4 Å². The van der Waals surface area contributed by atoms with Crippen molar-refractivity contribution in [1.82, 2.24) is 9.13 Å². The van der Waals surface area contributed by atoms with Gasteiger partial charge in [-0.1, -0.05) is 0 Å². The van der Waals surface area contributed by atoms with E-state index in [9.17, 15) is 28.7 Å². The molecule has 0 saturated heterocycles. The maximum atomic E-state index is 14.2. The number of thiophene rings is 1. The minimum absolute atomic E-state index is 0.00206. The Kier molecular flexibility index (Phi) is 7.91. The summed E-state index contributed by atoms with van der Waals surface area (Å²) in [6.45, 7) is 2.32. The Morgan fingerprint density at radius 2 is 2.03 bits per heavy atom. The van der Waals surface area contributed by atoms with Gasteiger partial charge in [-0.15, -0.1) is 11.3 Å². The number of amides is 1. The summed E-state index contributed by atoms with van der Waals surface area (Å²) in [5.41, 5.74) is 3.93. The third kappa shape index (κ3) is 4.86. The van der Waals surface area contributed by atoms with Gasteiger partial charge in [-0.05, 0) is 37.6 Å². The van der Waals surface area contributed by atoms with Gasteiger partial charge in [-0.25, -0.2) is 18.5 Å². The van der Waals surface area contributed by atoms with E-state index >= 15 is 0 Å². The van der Waals surface area contributed by atoms with Gasteiger partial charge in [0.05, 0.1) is 38.1 Å². The molecule has 0 radical (unpaired) electrons. The quantitative estimate of drug-likeness (QED) is 0.385. The Labute approximate surface area is 207 Å². The monoisotopic (exact) mass is 518 g/mol. The van der Waals surface area contributed by atoms with Crippen LogP contribution in [0.4, 0.5) is 4.39 Å². The SMILES string of the molecule is COc1ccc(F)cc1[C@H](Cn1c(=O)n([C@@H](C)C(N)=O)c(=O)c2c(C)c(C(=O)O)sc21)OCCC#N. The van der Waals surface area contributed by atoms with Gasteiger partial charge < -0.3 is 20.3 Å². The molecule has 2 aromatic heterocycles. The van der Waals surface area contributed by atoms with Crippen molar-refractivity contribution in [2.75, 3.05) is 13.7 Å². The minimum atomic E-state index is -1.34. The fraction of sp³-hybridized carbons (Fsp3) is 0.348. The number of carboxylic acid groups (broad SMARTS) is 1. The third-order valence-electron chi connectivity index (χ3n) is 5.66. The summed E-state index contributed by atoms with van der Waals surface area (Å²) in [6.07, 6.45) is -1.05. The van der Waals surface area contributed by atoms with Crippen molar-refractivity contribution in [1.29, 1.82) is 5.26 Å². The van der Waals surface area contributed by atoms with Gasteiger partial charge in [0.2, 0.25) is 5.91 Å². The van der Waals surface area contributed by atoms with Crippen LogP contribution in [0.15, 0.2) is 27.8 Å². The number of hydrogen-bond acceptors (Lipinski definition) is 8. The largest absolute Gasteiger partial charge is 0.496 e. The number of aromatic carboxylic acids is 1. The van der Waals surface area contributed by atoms with E-state index in [1.807, 2.05) is 6.07 Å². The summed E-state index contributed by atoms with van der Waals surface area (Å²) in [4.78, 5) is 50.3. The molecule has 36 heavy (non-hydrogen) atoms. The number of halogens is 1. The minimum Gasteiger partial charge on any atom is -0.496 e. The van der Waals surface area contributed by atoms with E-state index in [4.69, 9.17) is 20.5 Å². The van der Waals surface area contributed by atoms with E-state index in [2.05, 4.69) is 0 Å². The summed E-state index contributed by atoms with van der Waals surface area (Å²) in [6, 6.07) is 4.29. The number of ether oxygens (including phenoxy) is 2. The molecule has 2 heterocycles. The zero-order valence-electron chi connectivity index (χ0n) is 19.6. The Hall–Kier alpha value is -4.02. The highest BCUT2D eigenvalue weighted by molar-refractivity contribution is 7.20. The zero-order chi connectivity index (χ0) is 26.7. The molecule has 0 aliphatic carbocycles. The first kappa shape index (κ1) is 26.6. The number of aryl methyl sites for hydroxylation is 1. The first-order valence-electron chi connectivity index (χ1n) is 10.7. The number of rotatable bonds is 10. The molecule has 190 valence electrons. The van der Waals surface area contributed by atoms with Crippen LogP contribution in [0.2, 0.25) is 0 Å². The van der Waals surface area contributed by atoms with Crippen LogP contribution in [-0.2, 0) is 16.1 Å². The molecule has 3 rings (SSSR count). The van der Waals surface area contributed by atoms with Gasteiger partial charge in [0.1, 0.15) is 33.4 Å². The number of nitriles is 1. The number of primary amides is 1. The first-order valence-corrected chi connectivity index (χ1v) is 11.5. The van der Waals surface area contributed by atoms with Gasteiger partial charge >= 0.3 is 11.7 Å². The lowest BCUT2D eigenvalue weighted by Crippen LogP contribution is -2.45. The summed E-state index contributed by atoms with van der Waals surface area (Å²) >= 11 is 0.715. The number of aromatic nitrogens is 2. The summed E-state index contributed by atoms with van der Waals surface area (Å²) < 4.78 is 27.1. The van der Waals surface area contributed by atoms with Crippen LogP contribution in [-0.4, -0.2) is 39.8 Å². The number of carboxylic acids is 1. The molecule has 1 aromatic carbocycles. The fourth-order valence-corrected chi connectivity index (χ4v) is 4.95. The van der Waals surface area contributed by atoms with E-state index in [-0.39, 0.29) is 51.5 Å². The molecule has 0 aliphatic rings. The third-order valence-corrected chi connectivity index (χ3v) is 6.96. The van der Waals surface area contributed by atoms with Crippen molar-refractivity contribution in [2.24, 2.45) is 5.73 Å². The number of nitrogens with zero attached hydrogens (tertiary/aromatic N) is 3. The molecular weight excluding hydrogens is 495 g/mol. The van der Waals surface area contributed by atoms with E-state index in [1.165, 1.54) is 33.1 Å². The summed E-state index contributed by atoms with van der Waals surface area (Å²) in [5, 5.41) is 18.5. The molecule has 2 atom stereocenters. The lowest BCUT2D eigenvalue weighted by molar-refractivity contribution is -0.120. The normalized spacial score (nSPS) is 12.8. The summed E-state index contributed by atoms with van der Waals surface area (Å²) in [5.74, 6) is -2.60. The fourth-order valence-electron chi connectivity index (χ4n) is 3.81. The Morgan fingerprint density at radius 3 is 2.61 bits per heavy atom. The van der Waals surface area contributed by atoms with Crippen LogP contribution >= 0.6 is 11.3 Å². The van der Waals surface area contributed by atoms with Crippen LogP contribution in [0.3, 0.4) is 0 Å². The zero-order valence-corrected chi connectivity index (χ0v) is 20.4. The Bertz CT molecular complexity index is 1500. The predicted molar refractivity (Wildman–Crippen MR) is 128 cm³/mol. The number of methoxy groups -OCH3 is 1. The molecule has 1 amide bonds. The molecule has 0 unspecified atom stereocenters. The summed E-state index contributed by atoms with van der Waals surface area (Å²) in [7, 11) is 1.37. The number of carbonyl (C=O) groups excluding carboxylic acids is 1. The highest BCUT2D eigenvalue weighted by atomic mass is 32.1. The van der Waals surface area contributed by atoms with Crippen LogP contribution in [0, 0.1) is 24.1 Å². The topological polar surface area (TPSA) is 167 Å². The highest BCUT2D eigenvalue weighted by Crippen LogP contribution is 2.33. The number of hydrogen-bond donors (Lipinski definition) is 2. The van der Waals surface area contributed by atoms with Gasteiger partial charge in [0, 0.05) is 5.56 Å². The molecule has 0 aliphatic heterocycles. The first-order chi connectivity index (χ1) is 17.0. The van der Waals surface area contributed by atoms with Crippen LogP contribution < -0.4 is 21.7 Å². The smallest absolute Gasteiger partial charge is 0.346 e. The van der Waals surface area contributed by atoms with E-state index in [0.717, 1.165) is 10.6 Å². The van der Waals surface area contributed by atoms with Gasteiger partial charge in [-0.3, -0.25) is 14.2 Å². The average molecular weight is 519 g/mol. The second-order valence-electron chi connectivity index (χ2n) is 7.84. The lowest BCUT2D eigenvalue weighted by Gasteiger charge is -2.23. The Morgan fingerprint density at radius 1 is 1.33 bits per heavy atom. The van der Waals surface area contributed by atoms with Gasteiger partial charge in [-0.2, -0.15) is 5.26 Å². The molecule has 11 nitrogen and oxygen atoms in total. The molecular formula is C23H23FN4O7S. The number of benzene rings is 1. The number of fused-ring (bicyclic) bond motifs is 1. The lowest BCUT2D eigenvalue weighted by atomic mass is 10.1. The highest BCUT2D eigenvalue weighted by Gasteiger charge is 2.28. The maximum absolute atomic E-state index is 14.2. The number of nitrogens with two attached hydrogens (primary N) is 1.